The molecule has 1 fully saturated rings. The molecular weight excluding hydrogens is 256 g/mol. The van der Waals surface area contributed by atoms with Crippen molar-refractivity contribution in [1.82, 2.24) is 10.2 Å². The van der Waals surface area contributed by atoms with Crippen LogP contribution in [0.1, 0.15) is 39.2 Å². The van der Waals surface area contributed by atoms with Gasteiger partial charge in [0, 0.05) is 36.2 Å². The molecule has 2 nitrogen and oxygen atoms in total. The maximum absolute atomic E-state index is 5.95. The first-order valence-corrected chi connectivity index (χ1v) is 7.67. The lowest BCUT2D eigenvalue weighted by atomic mass is 9.92. The summed E-state index contributed by atoms with van der Waals surface area (Å²) in [5.41, 5.74) is 1.60. The van der Waals surface area contributed by atoms with Crippen molar-refractivity contribution in [2.75, 3.05) is 13.1 Å². The Kier molecular flexibility index (Phi) is 4.88. The molecule has 1 saturated heterocycles. The molecule has 2 unspecified atom stereocenters. The predicted molar refractivity (Wildman–Crippen MR) is 82.6 cm³/mol. The molecule has 1 aromatic carbocycles. The third kappa shape index (κ3) is 3.71. The molecule has 1 aliphatic heterocycles. The SMILES string of the molecule is CCC1CNC(C)(CC)CN1Cc1ccc(Cl)cc1. The van der Waals surface area contributed by atoms with Gasteiger partial charge in [0.25, 0.3) is 0 Å². The molecule has 1 N–H and O–H groups in total. The first-order chi connectivity index (χ1) is 9.06. The fraction of sp³-hybridized carbons (Fsp3) is 0.625. The summed E-state index contributed by atoms with van der Waals surface area (Å²) in [5.74, 6) is 0. The van der Waals surface area contributed by atoms with E-state index in [0.717, 1.165) is 24.7 Å². The van der Waals surface area contributed by atoms with Crippen LogP contribution in [-0.2, 0) is 6.54 Å². The summed E-state index contributed by atoms with van der Waals surface area (Å²) >= 11 is 5.95. The molecule has 0 saturated carbocycles. The zero-order valence-corrected chi connectivity index (χ0v) is 13.0. The Hall–Kier alpha value is -0.570. The van der Waals surface area contributed by atoms with Gasteiger partial charge < -0.3 is 5.32 Å². The van der Waals surface area contributed by atoms with E-state index >= 15 is 0 Å². The van der Waals surface area contributed by atoms with Gasteiger partial charge in [-0.05, 0) is 37.5 Å². The summed E-state index contributed by atoms with van der Waals surface area (Å²) < 4.78 is 0. The molecule has 0 aliphatic carbocycles. The Labute approximate surface area is 122 Å². The highest BCUT2D eigenvalue weighted by atomic mass is 35.5. The third-order valence-corrected chi connectivity index (χ3v) is 4.64. The van der Waals surface area contributed by atoms with Crippen molar-refractivity contribution in [2.24, 2.45) is 0 Å². The second kappa shape index (κ2) is 6.25. The lowest BCUT2D eigenvalue weighted by molar-refractivity contribution is 0.0755. The molecule has 1 aliphatic rings. The largest absolute Gasteiger partial charge is 0.309 e. The zero-order chi connectivity index (χ0) is 13.9. The van der Waals surface area contributed by atoms with Crippen LogP contribution in [0.15, 0.2) is 24.3 Å². The molecule has 0 bridgehead atoms. The summed E-state index contributed by atoms with van der Waals surface area (Å²) in [6, 6.07) is 8.88. The molecule has 0 radical (unpaired) electrons. The predicted octanol–water partition coefficient (Wildman–Crippen LogP) is 3.69. The van der Waals surface area contributed by atoms with E-state index in [1.165, 1.54) is 18.4 Å². The first-order valence-electron chi connectivity index (χ1n) is 7.30. The quantitative estimate of drug-likeness (QED) is 0.905. The van der Waals surface area contributed by atoms with Gasteiger partial charge in [-0.3, -0.25) is 4.90 Å². The molecule has 2 atom stereocenters. The Morgan fingerprint density at radius 3 is 2.58 bits per heavy atom. The van der Waals surface area contributed by atoms with Crippen molar-refractivity contribution in [3.05, 3.63) is 34.9 Å². The number of rotatable bonds is 4. The van der Waals surface area contributed by atoms with E-state index in [-0.39, 0.29) is 5.54 Å². The molecule has 0 spiro atoms. The van der Waals surface area contributed by atoms with Crippen LogP contribution >= 0.6 is 11.6 Å². The fourth-order valence-corrected chi connectivity index (χ4v) is 2.90. The van der Waals surface area contributed by atoms with Crippen LogP contribution < -0.4 is 5.32 Å². The Balaban J connectivity index is 2.08. The van der Waals surface area contributed by atoms with Gasteiger partial charge >= 0.3 is 0 Å². The van der Waals surface area contributed by atoms with E-state index in [4.69, 9.17) is 11.6 Å². The fourth-order valence-electron chi connectivity index (χ4n) is 2.78. The second-order valence-corrected chi connectivity index (χ2v) is 6.33. The standard InChI is InChI=1S/C16H25ClN2/c1-4-15-10-18-16(3,5-2)12-19(15)11-13-6-8-14(17)9-7-13/h6-9,15,18H,4-5,10-12H2,1-3H3. The third-order valence-electron chi connectivity index (χ3n) is 4.38. The van der Waals surface area contributed by atoms with E-state index < -0.39 is 0 Å². The molecule has 1 aromatic rings. The van der Waals surface area contributed by atoms with Gasteiger partial charge in [0.1, 0.15) is 0 Å². The lowest BCUT2D eigenvalue weighted by Crippen LogP contribution is -2.62. The van der Waals surface area contributed by atoms with Crippen LogP contribution in [-0.4, -0.2) is 29.6 Å². The van der Waals surface area contributed by atoms with Gasteiger partial charge in [0.2, 0.25) is 0 Å². The highest BCUT2D eigenvalue weighted by Crippen LogP contribution is 2.22. The zero-order valence-electron chi connectivity index (χ0n) is 12.2. The minimum Gasteiger partial charge on any atom is -0.309 e. The molecule has 3 heteroatoms. The van der Waals surface area contributed by atoms with Crippen LogP contribution in [0.4, 0.5) is 0 Å². The summed E-state index contributed by atoms with van der Waals surface area (Å²) in [5, 5.41) is 4.52. The number of piperazine rings is 1. The van der Waals surface area contributed by atoms with Crippen molar-refractivity contribution < 1.29 is 0 Å². The Morgan fingerprint density at radius 2 is 2.00 bits per heavy atom. The maximum Gasteiger partial charge on any atom is 0.0406 e. The van der Waals surface area contributed by atoms with Crippen molar-refractivity contribution in [3.63, 3.8) is 0 Å². The normalized spacial score (nSPS) is 28.5. The van der Waals surface area contributed by atoms with Crippen LogP contribution in [0, 0.1) is 0 Å². The second-order valence-electron chi connectivity index (χ2n) is 5.89. The summed E-state index contributed by atoms with van der Waals surface area (Å²) in [7, 11) is 0. The molecule has 0 amide bonds. The van der Waals surface area contributed by atoms with Gasteiger partial charge in [-0.1, -0.05) is 37.6 Å². The summed E-state index contributed by atoms with van der Waals surface area (Å²) in [4.78, 5) is 2.61. The van der Waals surface area contributed by atoms with Gasteiger partial charge in [-0.15, -0.1) is 0 Å². The average molecular weight is 281 g/mol. The van der Waals surface area contributed by atoms with Gasteiger partial charge in [0.15, 0.2) is 0 Å². The minimum atomic E-state index is 0.248. The van der Waals surface area contributed by atoms with E-state index in [1.807, 2.05) is 12.1 Å². The first kappa shape index (κ1) is 14.8. The van der Waals surface area contributed by atoms with Gasteiger partial charge in [-0.2, -0.15) is 0 Å². The Bertz CT molecular complexity index is 404. The maximum atomic E-state index is 5.95. The minimum absolute atomic E-state index is 0.248. The topological polar surface area (TPSA) is 15.3 Å². The number of halogens is 1. The molecule has 106 valence electrons. The lowest BCUT2D eigenvalue weighted by Gasteiger charge is -2.46. The molecule has 1 heterocycles. The van der Waals surface area contributed by atoms with Crippen LogP contribution in [0.25, 0.3) is 0 Å². The number of hydrogen-bond acceptors (Lipinski definition) is 2. The average Bonchev–Trinajstić information content (AvgIpc) is 2.42. The van der Waals surface area contributed by atoms with Crippen molar-refractivity contribution in [1.29, 1.82) is 0 Å². The van der Waals surface area contributed by atoms with E-state index in [9.17, 15) is 0 Å². The van der Waals surface area contributed by atoms with E-state index in [2.05, 4.69) is 43.1 Å². The summed E-state index contributed by atoms with van der Waals surface area (Å²) in [6.07, 6.45) is 2.36. The van der Waals surface area contributed by atoms with Crippen molar-refractivity contribution in [3.8, 4) is 0 Å². The highest BCUT2D eigenvalue weighted by molar-refractivity contribution is 6.30. The van der Waals surface area contributed by atoms with Crippen molar-refractivity contribution >= 4 is 11.6 Å². The molecule has 19 heavy (non-hydrogen) atoms. The number of hydrogen-bond donors (Lipinski definition) is 1. The van der Waals surface area contributed by atoms with Crippen molar-refractivity contribution in [2.45, 2.75) is 51.7 Å². The van der Waals surface area contributed by atoms with Crippen LogP contribution in [0.5, 0.6) is 0 Å². The smallest absolute Gasteiger partial charge is 0.0406 e. The Morgan fingerprint density at radius 1 is 1.32 bits per heavy atom. The highest BCUT2D eigenvalue weighted by Gasteiger charge is 2.33. The van der Waals surface area contributed by atoms with E-state index in [0.29, 0.717) is 6.04 Å². The number of nitrogens with zero attached hydrogens (tertiary/aromatic N) is 1. The van der Waals surface area contributed by atoms with Gasteiger partial charge in [-0.25, -0.2) is 0 Å². The van der Waals surface area contributed by atoms with Crippen LogP contribution in [0.3, 0.4) is 0 Å². The number of nitrogens with one attached hydrogen (secondary N) is 1. The van der Waals surface area contributed by atoms with Gasteiger partial charge in [0.05, 0.1) is 0 Å². The number of benzene rings is 1. The summed E-state index contributed by atoms with van der Waals surface area (Å²) in [6.45, 7) is 10.1. The van der Waals surface area contributed by atoms with E-state index in [1.54, 1.807) is 0 Å². The molecule has 0 aromatic heterocycles. The van der Waals surface area contributed by atoms with Crippen LogP contribution in [0.2, 0.25) is 5.02 Å². The monoisotopic (exact) mass is 280 g/mol. The molecule has 2 rings (SSSR count). The molecular formula is C16H25ClN2.